The number of halogens is 6. The van der Waals surface area contributed by atoms with Crippen LogP contribution in [0.2, 0.25) is 0 Å². The lowest BCUT2D eigenvalue weighted by Gasteiger charge is -2.27. The molecular formula is C34H40F6N4O2. The third-order valence-electron chi connectivity index (χ3n) is 7.59. The smallest absolute Gasteiger partial charge is 0.416 e. The van der Waals surface area contributed by atoms with Crippen LogP contribution in [0.1, 0.15) is 49.4 Å². The Morgan fingerprint density at radius 1 is 0.913 bits per heavy atom. The highest BCUT2D eigenvalue weighted by Crippen LogP contribution is 2.37. The van der Waals surface area contributed by atoms with E-state index in [0.29, 0.717) is 44.3 Å². The number of hydrogen-bond donors (Lipinski definition) is 0. The molecule has 0 aliphatic heterocycles. The number of anilines is 1. The maximum absolute atomic E-state index is 13.3. The van der Waals surface area contributed by atoms with Crippen molar-refractivity contribution in [3.8, 4) is 17.0 Å². The highest BCUT2D eigenvalue weighted by molar-refractivity contribution is 5.73. The first-order chi connectivity index (χ1) is 21.7. The van der Waals surface area contributed by atoms with Gasteiger partial charge in [0.1, 0.15) is 5.82 Å². The van der Waals surface area contributed by atoms with Crippen molar-refractivity contribution in [2.75, 3.05) is 44.2 Å². The first kappa shape index (κ1) is 36.3. The first-order valence-electron chi connectivity index (χ1n) is 15.0. The van der Waals surface area contributed by atoms with Crippen molar-refractivity contribution < 1.29 is 35.9 Å². The summed E-state index contributed by atoms with van der Waals surface area (Å²) in [5.41, 5.74) is -0.132. The Hall–Kier alpha value is -4.22. The van der Waals surface area contributed by atoms with E-state index in [1.807, 2.05) is 57.2 Å². The number of aromatic nitrogens is 1. The summed E-state index contributed by atoms with van der Waals surface area (Å²) in [6.45, 7) is 13.6. The zero-order valence-corrected chi connectivity index (χ0v) is 26.5. The van der Waals surface area contributed by atoms with Crippen molar-refractivity contribution >= 4 is 11.7 Å². The summed E-state index contributed by atoms with van der Waals surface area (Å²) in [6, 6.07) is 13.3. The highest BCUT2D eigenvalue weighted by Gasteiger charge is 2.37. The molecule has 0 N–H and O–H groups in total. The number of ether oxygens (including phenoxy) is 1. The molecule has 46 heavy (non-hydrogen) atoms. The molecule has 12 heteroatoms. The van der Waals surface area contributed by atoms with Crippen LogP contribution in [0.15, 0.2) is 67.4 Å². The highest BCUT2D eigenvalue weighted by atomic mass is 19.4. The van der Waals surface area contributed by atoms with Gasteiger partial charge in [-0.2, -0.15) is 31.3 Å². The molecule has 0 spiro atoms. The lowest BCUT2D eigenvalue weighted by molar-refractivity contribution is -0.143. The molecule has 3 rings (SSSR count). The normalized spacial score (nSPS) is 11.7. The topological polar surface area (TPSA) is 48.9 Å². The van der Waals surface area contributed by atoms with Crippen LogP contribution in [0, 0.1) is 6.92 Å². The van der Waals surface area contributed by atoms with Gasteiger partial charge in [-0.3, -0.25) is 4.79 Å². The predicted molar refractivity (Wildman–Crippen MR) is 167 cm³/mol. The third kappa shape index (κ3) is 9.89. The van der Waals surface area contributed by atoms with E-state index in [4.69, 9.17) is 9.72 Å². The van der Waals surface area contributed by atoms with Crippen molar-refractivity contribution in [3.63, 3.8) is 0 Å². The van der Waals surface area contributed by atoms with Gasteiger partial charge >= 0.3 is 12.4 Å². The maximum Gasteiger partial charge on any atom is 0.416 e. The molecule has 0 fully saturated rings. The predicted octanol–water partition coefficient (Wildman–Crippen LogP) is 8.20. The number of carbonyl (C=O) groups excluding carboxylic acids is 1. The van der Waals surface area contributed by atoms with Crippen LogP contribution in [-0.4, -0.2) is 60.0 Å². The summed E-state index contributed by atoms with van der Waals surface area (Å²) >= 11 is 0. The fourth-order valence-electron chi connectivity index (χ4n) is 5.02. The zero-order valence-electron chi connectivity index (χ0n) is 26.5. The van der Waals surface area contributed by atoms with Crippen molar-refractivity contribution in [2.24, 2.45) is 0 Å². The summed E-state index contributed by atoms with van der Waals surface area (Å²) in [4.78, 5) is 22.1. The van der Waals surface area contributed by atoms with E-state index in [9.17, 15) is 31.1 Å². The van der Waals surface area contributed by atoms with Crippen LogP contribution in [0.25, 0.3) is 11.1 Å². The number of likely N-dealkylation sites (N-methyl/N-ethyl adjacent to an activating group) is 2. The summed E-state index contributed by atoms with van der Waals surface area (Å²) < 4.78 is 86.1. The number of pyridine rings is 1. The van der Waals surface area contributed by atoms with Crippen LogP contribution in [0.5, 0.6) is 5.88 Å². The first-order valence-corrected chi connectivity index (χ1v) is 15.0. The Morgan fingerprint density at radius 2 is 1.54 bits per heavy atom. The molecule has 0 saturated carbocycles. The van der Waals surface area contributed by atoms with Gasteiger partial charge in [0.25, 0.3) is 0 Å². The maximum atomic E-state index is 13.3. The number of benzene rings is 2. The monoisotopic (exact) mass is 650 g/mol. The third-order valence-corrected chi connectivity index (χ3v) is 7.59. The molecule has 1 aromatic heterocycles. The molecule has 0 atom stereocenters. The largest absolute Gasteiger partial charge is 0.477 e. The molecule has 0 saturated heterocycles. The van der Waals surface area contributed by atoms with Gasteiger partial charge in [0.2, 0.25) is 11.8 Å². The average molecular weight is 651 g/mol. The van der Waals surface area contributed by atoms with Crippen molar-refractivity contribution in [1.29, 1.82) is 0 Å². The summed E-state index contributed by atoms with van der Waals surface area (Å²) in [5.74, 6) is 1.08. The Kier molecular flexibility index (Phi) is 12.5. The lowest BCUT2D eigenvalue weighted by atomic mass is 10.0. The van der Waals surface area contributed by atoms with Gasteiger partial charge in [-0.1, -0.05) is 36.9 Å². The number of hydrogen-bond acceptors (Lipinski definition) is 5. The summed E-state index contributed by atoms with van der Waals surface area (Å²) in [6.07, 6.45) is -8.07. The van der Waals surface area contributed by atoms with Gasteiger partial charge in [0.15, 0.2) is 0 Å². The second-order valence-electron chi connectivity index (χ2n) is 10.8. The Labute approximate surface area is 266 Å². The molecule has 3 aromatic rings. The van der Waals surface area contributed by atoms with Gasteiger partial charge < -0.3 is 19.4 Å². The minimum Gasteiger partial charge on any atom is -0.477 e. The van der Waals surface area contributed by atoms with Gasteiger partial charge in [0, 0.05) is 51.8 Å². The molecule has 6 nitrogen and oxygen atoms in total. The van der Waals surface area contributed by atoms with Crippen LogP contribution in [0.4, 0.5) is 32.2 Å². The van der Waals surface area contributed by atoms with Crippen LogP contribution >= 0.6 is 0 Å². The lowest BCUT2D eigenvalue weighted by Crippen LogP contribution is -2.38. The Morgan fingerprint density at radius 3 is 2.07 bits per heavy atom. The zero-order chi connectivity index (χ0) is 34.1. The van der Waals surface area contributed by atoms with E-state index in [1.165, 1.54) is 13.1 Å². The van der Waals surface area contributed by atoms with Crippen molar-refractivity contribution in [3.05, 3.63) is 89.6 Å². The van der Waals surface area contributed by atoms with Gasteiger partial charge in [-0.25, -0.2) is 0 Å². The number of amides is 1. The fourth-order valence-corrected chi connectivity index (χ4v) is 5.02. The molecule has 2 aromatic carbocycles. The van der Waals surface area contributed by atoms with E-state index < -0.39 is 23.5 Å². The molecule has 1 heterocycles. The van der Waals surface area contributed by atoms with Gasteiger partial charge in [-0.05, 0) is 74.3 Å². The molecular weight excluding hydrogens is 610 g/mol. The number of nitrogens with zero attached hydrogens (tertiary/aromatic N) is 4. The van der Waals surface area contributed by atoms with E-state index >= 15 is 0 Å². The molecule has 1 amide bonds. The van der Waals surface area contributed by atoms with Gasteiger partial charge in [-0.15, -0.1) is 0 Å². The van der Waals surface area contributed by atoms with Crippen molar-refractivity contribution in [1.82, 2.24) is 14.8 Å². The van der Waals surface area contributed by atoms with Crippen LogP contribution in [0.3, 0.4) is 0 Å². The summed E-state index contributed by atoms with van der Waals surface area (Å²) in [5, 5.41) is 0. The Balaban J connectivity index is 1.78. The molecule has 0 bridgehead atoms. The SMILES string of the molecule is C=CN(CCCOc1nc(N(CC)CCN(CC)C(C)=O)cc(-c2ccccc2)c1C)Cc1cc(C(F)(F)F)cc(C(F)(F)F)c1. The minimum absolute atomic E-state index is 0.00756. The van der Waals surface area contributed by atoms with E-state index in [2.05, 4.69) is 11.5 Å². The van der Waals surface area contributed by atoms with Crippen LogP contribution < -0.4 is 9.64 Å². The molecule has 0 unspecified atom stereocenters. The van der Waals surface area contributed by atoms with Gasteiger partial charge in [0.05, 0.1) is 17.7 Å². The minimum atomic E-state index is -4.92. The number of carbonyl (C=O) groups is 1. The average Bonchev–Trinajstić information content (AvgIpc) is 3.01. The quantitative estimate of drug-likeness (QED) is 0.123. The standard InChI is InChI=1S/C34H40F6N4O2/c1-6-42(23-26-19-28(33(35,36)37)21-29(20-26)34(38,39)40)15-12-18-46-32-24(4)30(27-13-10-9-11-14-27)22-31(41-32)44(8-3)17-16-43(7-2)25(5)45/h6,9-11,13-14,19-22H,1,7-8,12,15-18,23H2,2-5H3. The molecule has 0 radical (unpaired) electrons. The van der Waals surface area contributed by atoms with E-state index in [0.717, 1.165) is 28.8 Å². The van der Waals surface area contributed by atoms with E-state index in [1.54, 1.807) is 9.80 Å². The molecule has 250 valence electrons. The number of alkyl halides is 6. The second-order valence-corrected chi connectivity index (χ2v) is 10.8. The summed E-state index contributed by atoms with van der Waals surface area (Å²) in [7, 11) is 0. The fraction of sp³-hybridized carbons (Fsp3) is 0.412. The Bertz CT molecular complexity index is 1430. The van der Waals surface area contributed by atoms with Crippen LogP contribution in [-0.2, 0) is 23.7 Å². The molecule has 0 aliphatic carbocycles. The number of rotatable bonds is 15. The second kappa shape index (κ2) is 15.9. The van der Waals surface area contributed by atoms with Crippen molar-refractivity contribution in [2.45, 2.75) is 53.0 Å². The van der Waals surface area contributed by atoms with E-state index in [-0.39, 0.29) is 37.2 Å². The molecule has 0 aliphatic rings.